The molecule has 0 unspecified atom stereocenters. The summed E-state index contributed by atoms with van der Waals surface area (Å²) in [6.07, 6.45) is 1.23. The van der Waals surface area contributed by atoms with Gasteiger partial charge in [-0.25, -0.2) is 0 Å². The van der Waals surface area contributed by atoms with E-state index in [1.54, 1.807) is 22.9 Å². The van der Waals surface area contributed by atoms with E-state index in [1.165, 1.54) is 9.22 Å². The highest BCUT2D eigenvalue weighted by Crippen LogP contribution is 1.79. The van der Waals surface area contributed by atoms with Crippen molar-refractivity contribution in [3.63, 3.8) is 0 Å². The van der Waals surface area contributed by atoms with E-state index in [-0.39, 0.29) is 0 Å². The molecule has 0 N–H and O–H groups in total. The van der Waals surface area contributed by atoms with Crippen molar-refractivity contribution in [3.05, 3.63) is 16.4 Å². The van der Waals surface area contributed by atoms with Crippen LogP contribution in [0.15, 0.2) is 6.33 Å². The predicted octanol–water partition coefficient (Wildman–Crippen LogP) is -1.20. The molecule has 0 saturated carbocycles. The maximum atomic E-state index is 9.84. The molecule has 7 nitrogen and oxygen atoms in total. The molecule has 0 fully saturated rings. The molecule has 0 amide bonds. The highest BCUT2D eigenvalue weighted by molar-refractivity contribution is 14.1. The molecule has 9 heavy (non-hydrogen) atoms. The van der Waals surface area contributed by atoms with Gasteiger partial charge in [-0.2, -0.15) is 0 Å². The van der Waals surface area contributed by atoms with Crippen LogP contribution in [0, 0.1) is 10.1 Å². The zero-order valence-electron chi connectivity index (χ0n) is 4.01. The lowest BCUT2D eigenvalue weighted by Crippen LogP contribution is -2.47. The van der Waals surface area contributed by atoms with Gasteiger partial charge < -0.3 is 10.1 Å². The highest BCUT2D eigenvalue weighted by atomic mass is 127. The van der Waals surface area contributed by atoms with Gasteiger partial charge in [0, 0.05) is 2.90 Å². The second kappa shape index (κ2) is 2.21. The predicted molar refractivity (Wildman–Crippen MR) is 32.0 cm³/mol. The molecular formula is CHIN5O2+. The SMILES string of the molecule is O=[N+]([O-])[n+]1ncn(I)n1. The normalized spacial score (nSPS) is 9.44. The Morgan fingerprint density at radius 3 is 2.78 bits per heavy atom. The van der Waals surface area contributed by atoms with Gasteiger partial charge in [-0.05, 0) is 0 Å². The molecule has 1 rings (SSSR count). The van der Waals surface area contributed by atoms with Crippen molar-refractivity contribution in [3.8, 4) is 0 Å². The average Bonchev–Trinajstić information content (AvgIpc) is 2.14. The third-order valence-corrected chi connectivity index (χ3v) is 1.00. The number of hydrogen-bond acceptors (Lipinski definition) is 4. The van der Waals surface area contributed by atoms with E-state index >= 15 is 0 Å². The molecule has 1 aromatic rings. The molecule has 0 atom stereocenters. The van der Waals surface area contributed by atoms with Crippen LogP contribution in [0.2, 0.25) is 0 Å². The van der Waals surface area contributed by atoms with Crippen molar-refractivity contribution in [2.24, 2.45) is 0 Å². The van der Waals surface area contributed by atoms with Crippen molar-refractivity contribution in [1.82, 2.24) is 13.2 Å². The summed E-state index contributed by atoms with van der Waals surface area (Å²) < 4.78 is 1.21. The molecular weight excluding hydrogens is 241 g/mol. The van der Waals surface area contributed by atoms with Gasteiger partial charge in [-0.1, -0.05) is 0 Å². The van der Waals surface area contributed by atoms with Gasteiger partial charge in [0.2, 0.25) is 0 Å². The minimum atomic E-state index is -0.727. The van der Waals surface area contributed by atoms with E-state index < -0.39 is 5.03 Å². The topological polar surface area (TPSA) is 77.7 Å². The Morgan fingerprint density at radius 2 is 2.56 bits per heavy atom. The molecule has 0 aromatic carbocycles. The summed E-state index contributed by atoms with van der Waals surface area (Å²) in [7, 11) is 0. The van der Waals surface area contributed by atoms with Crippen molar-refractivity contribution >= 4 is 22.9 Å². The minimum Gasteiger partial charge on any atom is -0.354 e. The lowest BCUT2D eigenvalue weighted by molar-refractivity contribution is -1.25. The zero-order chi connectivity index (χ0) is 6.85. The van der Waals surface area contributed by atoms with Crippen LogP contribution in [0.4, 0.5) is 0 Å². The Kier molecular flexibility index (Phi) is 1.55. The Morgan fingerprint density at radius 1 is 1.89 bits per heavy atom. The summed E-state index contributed by atoms with van der Waals surface area (Å²) in [5.74, 6) is 0. The van der Waals surface area contributed by atoms with Gasteiger partial charge >= 0.3 is 11.5 Å². The fourth-order valence-electron chi connectivity index (χ4n) is 0.286. The monoisotopic (exact) mass is 242 g/mol. The van der Waals surface area contributed by atoms with Crippen LogP contribution in [0.1, 0.15) is 0 Å². The first-order chi connectivity index (χ1) is 4.20. The summed E-state index contributed by atoms with van der Waals surface area (Å²) in [6, 6.07) is 0. The van der Waals surface area contributed by atoms with Crippen molar-refractivity contribution < 1.29 is 9.94 Å². The summed E-state index contributed by atoms with van der Waals surface area (Å²) in [5, 5.41) is 15.7. The first-order valence-electron chi connectivity index (χ1n) is 1.85. The summed E-state index contributed by atoms with van der Waals surface area (Å²) in [6.45, 7) is 0. The third kappa shape index (κ3) is 1.31. The first-order valence-corrected chi connectivity index (χ1v) is 2.82. The average molecular weight is 242 g/mol. The molecule has 48 valence electrons. The van der Waals surface area contributed by atoms with Gasteiger partial charge in [0.05, 0.1) is 0 Å². The van der Waals surface area contributed by atoms with Gasteiger partial charge in [0.15, 0.2) is 5.10 Å². The molecule has 0 saturated heterocycles. The molecule has 8 heteroatoms. The fourth-order valence-corrected chi connectivity index (χ4v) is 0.570. The van der Waals surface area contributed by atoms with Crippen LogP contribution >= 0.6 is 22.9 Å². The van der Waals surface area contributed by atoms with E-state index in [2.05, 4.69) is 10.3 Å². The molecule has 1 aromatic heterocycles. The molecule has 0 radical (unpaired) electrons. The number of nitro groups is 1. The summed E-state index contributed by atoms with van der Waals surface area (Å²) in [4.78, 5) is 10.2. The van der Waals surface area contributed by atoms with E-state index in [0.29, 0.717) is 4.91 Å². The molecule has 0 bridgehead atoms. The number of tetrazole rings is 1. The van der Waals surface area contributed by atoms with Crippen molar-refractivity contribution in [1.29, 1.82) is 0 Å². The van der Waals surface area contributed by atoms with Crippen molar-refractivity contribution in [2.45, 2.75) is 0 Å². The third-order valence-electron chi connectivity index (χ3n) is 0.562. The molecule has 0 aliphatic carbocycles. The standard InChI is InChI=1S/CHIN5O2/c2-5-1-3-6(4-5)7(8)9/h1H/q+1. The second-order valence-electron chi connectivity index (χ2n) is 1.12. The first kappa shape index (κ1) is 6.32. The van der Waals surface area contributed by atoms with Gasteiger partial charge in [0.25, 0.3) is 27.8 Å². The van der Waals surface area contributed by atoms with Crippen molar-refractivity contribution in [2.75, 3.05) is 0 Å². The largest absolute Gasteiger partial charge is 0.354 e. The summed E-state index contributed by atoms with van der Waals surface area (Å²) in [5.41, 5.74) is 0. The molecule has 0 aliphatic heterocycles. The Bertz CT molecular complexity index is 231. The van der Waals surface area contributed by atoms with Crippen LogP contribution in [0.3, 0.4) is 0 Å². The molecule has 0 aliphatic rings. The fraction of sp³-hybridized carbons (Fsp3) is 0. The Balaban J connectivity index is 2.98. The Labute approximate surface area is 62.9 Å². The molecule has 0 spiro atoms. The van der Waals surface area contributed by atoms with Gasteiger partial charge in [0.1, 0.15) is 5.03 Å². The van der Waals surface area contributed by atoms with Crippen LogP contribution < -0.4 is 4.91 Å². The van der Waals surface area contributed by atoms with E-state index in [4.69, 9.17) is 0 Å². The number of nitrogens with zero attached hydrogens (tertiary/aromatic N) is 5. The minimum absolute atomic E-state index is 0.381. The number of halogens is 1. The smallest absolute Gasteiger partial charge is 0.352 e. The quantitative estimate of drug-likeness (QED) is 0.268. The highest BCUT2D eigenvalue weighted by Gasteiger charge is 2.16. The number of hydrogen-bond donors (Lipinski definition) is 0. The second-order valence-corrected chi connectivity index (χ2v) is 2.10. The van der Waals surface area contributed by atoms with Crippen LogP contribution in [0.5, 0.6) is 0 Å². The molecule has 1 heterocycles. The maximum Gasteiger partial charge on any atom is 0.352 e. The van der Waals surface area contributed by atoms with E-state index in [0.717, 1.165) is 0 Å². The van der Waals surface area contributed by atoms with E-state index in [9.17, 15) is 10.1 Å². The number of aromatic nitrogens is 4. The lowest BCUT2D eigenvalue weighted by atomic mass is 11.4. The van der Waals surface area contributed by atoms with Gasteiger partial charge in [-0.15, -0.1) is 0 Å². The van der Waals surface area contributed by atoms with E-state index in [1.807, 2.05) is 0 Å². The van der Waals surface area contributed by atoms with Gasteiger partial charge in [-0.3, -0.25) is 0 Å². The maximum absolute atomic E-state index is 9.84. The number of rotatable bonds is 1. The Hall–Kier alpha value is -0.800. The lowest BCUT2D eigenvalue weighted by Gasteiger charge is -1.74. The van der Waals surface area contributed by atoms with Crippen LogP contribution in [-0.2, 0) is 0 Å². The van der Waals surface area contributed by atoms with Crippen LogP contribution in [0.25, 0.3) is 0 Å². The van der Waals surface area contributed by atoms with Crippen LogP contribution in [-0.4, -0.2) is 18.2 Å². The zero-order valence-corrected chi connectivity index (χ0v) is 6.17. The summed E-state index contributed by atoms with van der Waals surface area (Å²) >= 11 is 1.75.